The summed E-state index contributed by atoms with van der Waals surface area (Å²) in [4.78, 5) is 24.5. The number of aliphatic hydroxyl groups excluding tert-OH is 3. The van der Waals surface area contributed by atoms with Gasteiger partial charge in [-0.25, -0.2) is 0 Å². The fourth-order valence-electron chi connectivity index (χ4n) is 2.75. The normalized spacial score (nSPS) is 31.0. The molecule has 10 heteroatoms. The van der Waals surface area contributed by atoms with E-state index in [0.29, 0.717) is 13.0 Å². The fraction of sp³-hybridized carbons (Fsp3) is 0.857. The van der Waals surface area contributed by atoms with Crippen molar-refractivity contribution in [2.24, 2.45) is 11.5 Å². The van der Waals surface area contributed by atoms with Gasteiger partial charge in [-0.1, -0.05) is 0 Å². The quantitative estimate of drug-likeness (QED) is 0.256. The Hall–Kier alpha value is -1.30. The molecule has 10 nitrogen and oxygen atoms in total. The minimum absolute atomic E-state index is 0.261. The topological polar surface area (TPSA) is 180 Å². The second-order valence-corrected chi connectivity index (χ2v) is 6.00. The Balaban J connectivity index is 3.04. The number of carboxylic acids is 1. The van der Waals surface area contributed by atoms with Gasteiger partial charge in [0.15, 0.2) is 5.72 Å². The minimum Gasteiger partial charge on any atom is -0.481 e. The zero-order valence-electron chi connectivity index (χ0n) is 13.7. The molecule has 1 rings (SSSR count). The highest BCUT2D eigenvalue weighted by atomic mass is 16.6. The van der Waals surface area contributed by atoms with Crippen molar-refractivity contribution >= 4 is 11.9 Å². The summed E-state index contributed by atoms with van der Waals surface area (Å²) in [6.07, 6.45) is -3.63. The molecule has 1 saturated heterocycles. The van der Waals surface area contributed by atoms with Gasteiger partial charge in [-0.3, -0.25) is 9.59 Å². The summed E-state index contributed by atoms with van der Waals surface area (Å²) in [6, 6.07) is -0.944. The molecular weight excluding hydrogens is 322 g/mol. The van der Waals surface area contributed by atoms with Crippen LogP contribution in [-0.2, 0) is 14.3 Å². The summed E-state index contributed by atoms with van der Waals surface area (Å²) in [5, 5.41) is 38.3. The maximum Gasteiger partial charge on any atom is 0.305 e. The largest absolute Gasteiger partial charge is 0.481 e. The number of nitrogens with zero attached hydrogens (tertiary/aromatic N) is 1. The number of aliphatic hydroxyl groups is 3. The van der Waals surface area contributed by atoms with E-state index in [0.717, 1.165) is 4.90 Å². The molecule has 1 aliphatic heterocycles. The van der Waals surface area contributed by atoms with Gasteiger partial charge in [0, 0.05) is 6.54 Å². The second kappa shape index (κ2) is 8.70. The van der Waals surface area contributed by atoms with E-state index in [1.807, 2.05) is 0 Å². The maximum absolute atomic E-state index is 12.6. The molecule has 5 atom stereocenters. The average molecular weight is 349 g/mol. The van der Waals surface area contributed by atoms with E-state index in [2.05, 4.69) is 0 Å². The summed E-state index contributed by atoms with van der Waals surface area (Å²) in [7, 11) is 0. The minimum atomic E-state index is -1.69. The molecule has 0 aromatic carbocycles. The number of carboxylic acid groups (broad SMARTS) is 1. The lowest BCUT2D eigenvalue weighted by molar-refractivity contribution is -0.190. The van der Waals surface area contributed by atoms with Crippen LogP contribution in [0.1, 0.15) is 26.2 Å². The standard InChI is InChI=1S/C14H27N3O7/c1-14(12(22)11(21)9(7-18)24-14)17(6-4-10(19)20)13(23)8(16)3-2-5-15/h8-9,11-12,18,21-22H,2-7,15-16H2,1H3,(H,19,20)/t8-,9+,11+,12-,14?/m0/s1. The van der Waals surface area contributed by atoms with Gasteiger partial charge in [-0.05, 0) is 26.3 Å². The van der Waals surface area contributed by atoms with Crippen LogP contribution in [0.2, 0.25) is 0 Å². The Morgan fingerprint density at radius 1 is 1.38 bits per heavy atom. The van der Waals surface area contributed by atoms with Crippen LogP contribution in [0, 0.1) is 0 Å². The smallest absolute Gasteiger partial charge is 0.305 e. The SMILES string of the molecule is CC1(N(CCC(=O)O)C(=O)[C@@H](N)CCCN)O[C@H](CO)[C@@H](O)[C@@H]1O. The van der Waals surface area contributed by atoms with Crippen molar-refractivity contribution in [3.8, 4) is 0 Å². The lowest BCUT2D eigenvalue weighted by Gasteiger charge is -2.41. The first-order valence-electron chi connectivity index (χ1n) is 7.82. The van der Waals surface area contributed by atoms with E-state index in [9.17, 15) is 24.9 Å². The Morgan fingerprint density at radius 3 is 2.46 bits per heavy atom. The first-order valence-corrected chi connectivity index (χ1v) is 7.82. The van der Waals surface area contributed by atoms with Crippen molar-refractivity contribution in [2.75, 3.05) is 19.7 Å². The molecule has 8 N–H and O–H groups in total. The van der Waals surface area contributed by atoms with Gasteiger partial charge in [-0.15, -0.1) is 0 Å². The van der Waals surface area contributed by atoms with Crippen LogP contribution in [0.3, 0.4) is 0 Å². The maximum atomic E-state index is 12.6. The third-order valence-corrected chi connectivity index (χ3v) is 4.21. The number of hydrogen-bond donors (Lipinski definition) is 6. The van der Waals surface area contributed by atoms with Gasteiger partial charge in [0.05, 0.1) is 19.1 Å². The van der Waals surface area contributed by atoms with Gasteiger partial charge in [0.25, 0.3) is 0 Å². The van der Waals surface area contributed by atoms with Crippen LogP contribution < -0.4 is 11.5 Å². The third-order valence-electron chi connectivity index (χ3n) is 4.21. The molecule has 0 spiro atoms. The van der Waals surface area contributed by atoms with Gasteiger partial charge in [0.2, 0.25) is 5.91 Å². The third kappa shape index (κ3) is 4.41. The molecule has 24 heavy (non-hydrogen) atoms. The predicted molar refractivity (Wildman–Crippen MR) is 82.6 cm³/mol. The van der Waals surface area contributed by atoms with Gasteiger partial charge < -0.3 is 41.5 Å². The molecule has 1 heterocycles. The Labute approximate surface area is 140 Å². The van der Waals surface area contributed by atoms with E-state index >= 15 is 0 Å². The van der Waals surface area contributed by atoms with Crippen LogP contribution in [0.4, 0.5) is 0 Å². The molecule has 0 aromatic heterocycles. The Bertz CT molecular complexity index is 450. The van der Waals surface area contributed by atoms with E-state index < -0.39 is 48.6 Å². The van der Waals surface area contributed by atoms with E-state index in [1.165, 1.54) is 6.92 Å². The lowest BCUT2D eigenvalue weighted by atomic mass is 10.0. The van der Waals surface area contributed by atoms with Crippen LogP contribution in [-0.4, -0.2) is 87.0 Å². The Morgan fingerprint density at radius 2 is 2.00 bits per heavy atom. The van der Waals surface area contributed by atoms with Crippen molar-refractivity contribution in [3.63, 3.8) is 0 Å². The molecule has 0 aliphatic carbocycles. The first-order chi connectivity index (χ1) is 11.2. The molecule has 0 radical (unpaired) electrons. The summed E-state index contributed by atoms with van der Waals surface area (Å²) in [5.74, 6) is -1.75. The number of rotatable bonds is 9. The van der Waals surface area contributed by atoms with Gasteiger partial charge >= 0.3 is 5.97 Å². The molecule has 1 aliphatic rings. The molecule has 0 saturated carbocycles. The molecular formula is C14H27N3O7. The van der Waals surface area contributed by atoms with Crippen molar-refractivity contribution in [2.45, 2.75) is 56.3 Å². The van der Waals surface area contributed by atoms with Crippen molar-refractivity contribution in [3.05, 3.63) is 0 Å². The predicted octanol–water partition coefficient (Wildman–Crippen LogP) is -2.81. The lowest BCUT2D eigenvalue weighted by Crippen LogP contribution is -2.60. The van der Waals surface area contributed by atoms with E-state index in [1.54, 1.807) is 0 Å². The van der Waals surface area contributed by atoms with Gasteiger partial charge in [0.1, 0.15) is 18.3 Å². The van der Waals surface area contributed by atoms with Gasteiger partial charge in [-0.2, -0.15) is 0 Å². The number of amides is 1. The Kier molecular flexibility index (Phi) is 7.52. The zero-order valence-corrected chi connectivity index (χ0v) is 13.7. The number of aliphatic carboxylic acids is 1. The summed E-state index contributed by atoms with van der Waals surface area (Å²) >= 11 is 0. The van der Waals surface area contributed by atoms with E-state index in [-0.39, 0.29) is 19.4 Å². The number of ether oxygens (including phenoxy) is 1. The first kappa shape index (κ1) is 20.7. The molecule has 1 amide bonds. The number of carbonyl (C=O) groups excluding carboxylic acids is 1. The monoisotopic (exact) mass is 349 g/mol. The summed E-state index contributed by atoms with van der Waals surface area (Å²) in [6.45, 7) is 0.876. The van der Waals surface area contributed by atoms with Crippen molar-refractivity contribution in [1.82, 2.24) is 4.90 Å². The molecule has 1 fully saturated rings. The number of nitrogens with two attached hydrogens (primary N) is 2. The molecule has 140 valence electrons. The zero-order chi connectivity index (χ0) is 18.5. The molecule has 1 unspecified atom stereocenters. The van der Waals surface area contributed by atoms with Crippen molar-refractivity contribution in [1.29, 1.82) is 0 Å². The highest BCUT2D eigenvalue weighted by Gasteiger charge is 2.55. The van der Waals surface area contributed by atoms with E-state index in [4.69, 9.17) is 21.3 Å². The average Bonchev–Trinajstić information content (AvgIpc) is 2.76. The molecule has 0 aromatic rings. The number of hydrogen-bond acceptors (Lipinski definition) is 8. The van der Waals surface area contributed by atoms with Crippen LogP contribution in [0.5, 0.6) is 0 Å². The summed E-state index contributed by atoms with van der Waals surface area (Å²) in [5.41, 5.74) is 9.54. The summed E-state index contributed by atoms with van der Waals surface area (Å²) < 4.78 is 5.47. The molecule has 0 bridgehead atoms. The second-order valence-electron chi connectivity index (χ2n) is 6.00. The van der Waals surface area contributed by atoms with Crippen LogP contribution >= 0.6 is 0 Å². The fourth-order valence-corrected chi connectivity index (χ4v) is 2.75. The highest BCUT2D eigenvalue weighted by Crippen LogP contribution is 2.34. The highest BCUT2D eigenvalue weighted by molar-refractivity contribution is 5.82. The number of carbonyl (C=O) groups is 2. The van der Waals surface area contributed by atoms with Crippen LogP contribution in [0.15, 0.2) is 0 Å². The van der Waals surface area contributed by atoms with Crippen molar-refractivity contribution < 1.29 is 34.8 Å². The van der Waals surface area contributed by atoms with Crippen LogP contribution in [0.25, 0.3) is 0 Å².